The Kier molecular flexibility index (Phi) is 5.27. The van der Waals surface area contributed by atoms with Crippen LogP contribution in [0, 0.1) is 6.92 Å². The Morgan fingerprint density at radius 2 is 1.81 bits per heavy atom. The quantitative estimate of drug-likeness (QED) is 0.819. The highest BCUT2D eigenvalue weighted by atomic mass is 32.2. The average Bonchev–Trinajstić information content (AvgIpc) is 2.61. The number of carbonyl (C=O) groups is 1. The van der Waals surface area contributed by atoms with E-state index < -0.39 is 10.0 Å². The van der Waals surface area contributed by atoms with Gasteiger partial charge in [-0.3, -0.25) is 9.52 Å². The van der Waals surface area contributed by atoms with Crippen LogP contribution in [0.2, 0.25) is 0 Å². The fraction of sp³-hybridized carbons (Fsp3) is 0.316. The minimum atomic E-state index is -3.42. The number of nitrogens with one attached hydrogen (secondary N) is 2. The van der Waals surface area contributed by atoms with Gasteiger partial charge in [-0.05, 0) is 49.2 Å². The third-order valence-corrected chi connectivity index (χ3v) is 4.88. The van der Waals surface area contributed by atoms with Crippen LogP contribution in [0.1, 0.15) is 34.5 Å². The van der Waals surface area contributed by atoms with Gasteiger partial charge in [0.25, 0.3) is 5.91 Å². The maximum absolute atomic E-state index is 12.7. The summed E-state index contributed by atoms with van der Waals surface area (Å²) in [4.78, 5) is 12.7. The van der Waals surface area contributed by atoms with Crippen molar-refractivity contribution >= 4 is 21.6 Å². The van der Waals surface area contributed by atoms with E-state index in [9.17, 15) is 13.2 Å². The van der Waals surface area contributed by atoms with E-state index in [1.54, 1.807) is 25.1 Å². The lowest BCUT2D eigenvalue weighted by atomic mass is 10.0. The van der Waals surface area contributed by atoms with Crippen LogP contribution >= 0.6 is 0 Å². The highest BCUT2D eigenvalue weighted by Gasteiger charge is 2.18. The molecule has 0 aromatic heterocycles. The Morgan fingerprint density at radius 3 is 2.52 bits per heavy atom. The summed E-state index contributed by atoms with van der Waals surface area (Å²) in [5.41, 5.74) is 2.25. The lowest BCUT2D eigenvalue weighted by Gasteiger charge is -2.21. The van der Waals surface area contributed by atoms with Crippen molar-refractivity contribution in [3.63, 3.8) is 0 Å². The Labute approximate surface area is 158 Å². The molecule has 2 aromatic rings. The fourth-order valence-electron chi connectivity index (χ4n) is 2.88. The van der Waals surface area contributed by atoms with Crippen molar-refractivity contribution in [1.82, 2.24) is 5.32 Å². The number of fused-ring (bicyclic) bond motifs is 1. The molecule has 1 aliphatic rings. The molecule has 3 rings (SSSR count). The second kappa shape index (κ2) is 7.48. The molecule has 1 aliphatic heterocycles. The standard InChI is InChI=1S/C19H22N2O5S/c1-12-15(5-4-6-16(12)21-27(3,23)24)19(22)20-13(2)14-7-8-17-18(11-14)26-10-9-25-17/h4-8,11,13,21H,9-10H2,1-3H3,(H,20,22). The highest BCUT2D eigenvalue weighted by molar-refractivity contribution is 7.92. The molecule has 27 heavy (non-hydrogen) atoms. The largest absolute Gasteiger partial charge is 0.486 e. The molecule has 0 spiro atoms. The van der Waals surface area contributed by atoms with Crippen LogP contribution in [0.4, 0.5) is 5.69 Å². The number of anilines is 1. The molecule has 1 amide bonds. The molecule has 1 heterocycles. The van der Waals surface area contributed by atoms with Crippen molar-refractivity contribution in [2.75, 3.05) is 24.2 Å². The zero-order valence-electron chi connectivity index (χ0n) is 15.4. The summed E-state index contributed by atoms with van der Waals surface area (Å²) in [5, 5.41) is 2.94. The highest BCUT2D eigenvalue weighted by Crippen LogP contribution is 2.32. The molecular formula is C19H22N2O5S. The topological polar surface area (TPSA) is 93.7 Å². The van der Waals surface area contributed by atoms with Crippen LogP contribution in [0.15, 0.2) is 36.4 Å². The Bertz CT molecular complexity index is 972. The Balaban J connectivity index is 1.78. The monoisotopic (exact) mass is 390 g/mol. The second-order valence-electron chi connectivity index (χ2n) is 6.45. The summed E-state index contributed by atoms with van der Waals surface area (Å²) in [6.45, 7) is 4.60. The van der Waals surface area contributed by atoms with Crippen molar-refractivity contribution in [2.24, 2.45) is 0 Å². The van der Waals surface area contributed by atoms with Gasteiger partial charge in [-0.25, -0.2) is 8.42 Å². The summed E-state index contributed by atoms with van der Waals surface area (Å²) in [7, 11) is -3.42. The lowest BCUT2D eigenvalue weighted by Crippen LogP contribution is -2.27. The molecule has 144 valence electrons. The van der Waals surface area contributed by atoms with Crippen LogP contribution in [-0.4, -0.2) is 33.8 Å². The SMILES string of the molecule is Cc1c(NS(C)(=O)=O)cccc1C(=O)NC(C)c1ccc2c(c1)OCCO2. The molecule has 0 bridgehead atoms. The molecule has 0 aliphatic carbocycles. The van der Waals surface area contributed by atoms with E-state index >= 15 is 0 Å². The van der Waals surface area contributed by atoms with Gasteiger partial charge < -0.3 is 14.8 Å². The Morgan fingerprint density at radius 1 is 1.11 bits per heavy atom. The third kappa shape index (κ3) is 4.51. The van der Waals surface area contributed by atoms with Crippen LogP contribution in [0.25, 0.3) is 0 Å². The summed E-state index contributed by atoms with van der Waals surface area (Å²) in [6, 6.07) is 10.2. The lowest BCUT2D eigenvalue weighted by molar-refractivity contribution is 0.0939. The van der Waals surface area contributed by atoms with Gasteiger partial charge in [0.2, 0.25) is 10.0 Å². The van der Waals surface area contributed by atoms with E-state index in [0.29, 0.717) is 41.5 Å². The summed E-state index contributed by atoms with van der Waals surface area (Å²) < 4.78 is 36.5. The first kappa shape index (κ1) is 19.0. The van der Waals surface area contributed by atoms with E-state index in [1.165, 1.54) is 0 Å². The minimum absolute atomic E-state index is 0.265. The molecule has 0 saturated carbocycles. The van der Waals surface area contributed by atoms with E-state index in [4.69, 9.17) is 9.47 Å². The van der Waals surface area contributed by atoms with Crippen LogP contribution in [0.5, 0.6) is 11.5 Å². The number of benzene rings is 2. The van der Waals surface area contributed by atoms with Gasteiger partial charge in [0.15, 0.2) is 11.5 Å². The predicted octanol–water partition coefficient (Wildman–Crippen LogP) is 2.63. The predicted molar refractivity (Wildman–Crippen MR) is 103 cm³/mol. The first-order valence-corrected chi connectivity index (χ1v) is 10.4. The number of amides is 1. The molecule has 0 saturated heterocycles. The summed E-state index contributed by atoms with van der Waals surface area (Å²) in [5.74, 6) is 1.07. The molecule has 1 atom stereocenters. The van der Waals surface area contributed by atoms with Crippen LogP contribution in [0.3, 0.4) is 0 Å². The first-order valence-electron chi connectivity index (χ1n) is 8.52. The summed E-state index contributed by atoms with van der Waals surface area (Å²) in [6.07, 6.45) is 1.07. The number of carbonyl (C=O) groups excluding carboxylic acids is 1. The van der Waals surface area contributed by atoms with Gasteiger partial charge in [0.1, 0.15) is 13.2 Å². The second-order valence-corrected chi connectivity index (χ2v) is 8.20. The van der Waals surface area contributed by atoms with Gasteiger partial charge in [-0.15, -0.1) is 0 Å². The molecule has 7 nitrogen and oxygen atoms in total. The molecule has 0 fully saturated rings. The van der Waals surface area contributed by atoms with Crippen molar-refractivity contribution in [1.29, 1.82) is 0 Å². The number of hydrogen-bond donors (Lipinski definition) is 2. The van der Waals surface area contributed by atoms with Crippen molar-refractivity contribution in [2.45, 2.75) is 19.9 Å². The maximum atomic E-state index is 12.7. The molecule has 8 heteroatoms. The zero-order valence-corrected chi connectivity index (χ0v) is 16.2. The van der Waals surface area contributed by atoms with Gasteiger partial charge in [0.05, 0.1) is 18.0 Å². The van der Waals surface area contributed by atoms with Crippen LogP contribution in [-0.2, 0) is 10.0 Å². The first-order chi connectivity index (χ1) is 12.7. The van der Waals surface area contributed by atoms with E-state index in [-0.39, 0.29) is 11.9 Å². The third-order valence-electron chi connectivity index (χ3n) is 4.29. The molecule has 1 unspecified atom stereocenters. The zero-order chi connectivity index (χ0) is 19.6. The van der Waals surface area contributed by atoms with Gasteiger partial charge >= 0.3 is 0 Å². The average molecular weight is 390 g/mol. The smallest absolute Gasteiger partial charge is 0.252 e. The Hall–Kier alpha value is -2.74. The fourth-order valence-corrected chi connectivity index (χ4v) is 3.50. The number of rotatable bonds is 5. The molecular weight excluding hydrogens is 368 g/mol. The molecule has 2 N–H and O–H groups in total. The van der Waals surface area contributed by atoms with Crippen molar-refractivity contribution < 1.29 is 22.7 Å². The van der Waals surface area contributed by atoms with Gasteiger partial charge in [-0.2, -0.15) is 0 Å². The van der Waals surface area contributed by atoms with Crippen molar-refractivity contribution in [3.8, 4) is 11.5 Å². The van der Waals surface area contributed by atoms with E-state index in [1.807, 2.05) is 25.1 Å². The van der Waals surface area contributed by atoms with Crippen molar-refractivity contribution in [3.05, 3.63) is 53.1 Å². The van der Waals surface area contributed by atoms with Gasteiger partial charge in [-0.1, -0.05) is 12.1 Å². The number of ether oxygens (including phenoxy) is 2. The maximum Gasteiger partial charge on any atom is 0.252 e. The molecule has 0 radical (unpaired) electrons. The molecule has 2 aromatic carbocycles. The van der Waals surface area contributed by atoms with Gasteiger partial charge in [0, 0.05) is 5.56 Å². The normalized spacial score (nSPS) is 14.3. The number of sulfonamides is 1. The van der Waals surface area contributed by atoms with E-state index in [2.05, 4.69) is 10.0 Å². The minimum Gasteiger partial charge on any atom is -0.486 e. The summed E-state index contributed by atoms with van der Waals surface area (Å²) >= 11 is 0. The number of hydrogen-bond acceptors (Lipinski definition) is 5. The van der Waals surface area contributed by atoms with Crippen LogP contribution < -0.4 is 19.5 Å². The van der Waals surface area contributed by atoms with E-state index in [0.717, 1.165) is 11.8 Å².